The highest BCUT2D eigenvalue weighted by atomic mass is 32.2. The van der Waals surface area contributed by atoms with Gasteiger partial charge >= 0.3 is 0 Å². The monoisotopic (exact) mass is 337 g/mol. The van der Waals surface area contributed by atoms with Crippen molar-refractivity contribution >= 4 is 15.7 Å². The molecule has 2 heterocycles. The number of hydrogen-bond acceptors (Lipinski definition) is 4. The van der Waals surface area contributed by atoms with Gasteiger partial charge in [0.2, 0.25) is 0 Å². The number of likely N-dealkylation sites (tertiary alicyclic amines) is 1. The van der Waals surface area contributed by atoms with E-state index in [1.807, 2.05) is 12.1 Å². The van der Waals surface area contributed by atoms with Crippen molar-refractivity contribution in [2.75, 3.05) is 18.9 Å². The highest BCUT2D eigenvalue weighted by Gasteiger charge is 2.50. The Hall–Kier alpha value is -1.56. The van der Waals surface area contributed by atoms with Gasteiger partial charge in [-0.3, -0.25) is 4.79 Å². The molecule has 2 bridgehead atoms. The van der Waals surface area contributed by atoms with Crippen molar-refractivity contribution in [2.24, 2.45) is 0 Å². The van der Waals surface area contributed by atoms with Crippen molar-refractivity contribution in [3.8, 4) is 5.75 Å². The van der Waals surface area contributed by atoms with Crippen LogP contribution < -0.4 is 4.74 Å². The topological polar surface area (TPSA) is 63.7 Å². The summed E-state index contributed by atoms with van der Waals surface area (Å²) in [5.41, 5.74) is 0.593. The lowest BCUT2D eigenvalue weighted by Gasteiger charge is -2.27. The predicted molar refractivity (Wildman–Crippen MR) is 88.5 cm³/mol. The Bertz CT molecular complexity index is 668. The van der Waals surface area contributed by atoms with E-state index < -0.39 is 9.84 Å². The molecule has 126 valence electrons. The summed E-state index contributed by atoms with van der Waals surface area (Å²) in [6, 6.07) is 6.99. The molecule has 2 atom stereocenters. The molecule has 0 aromatic heterocycles. The molecule has 2 fully saturated rings. The molecule has 2 aliphatic rings. The average molecular weight is 337 g/mol. The van der Waals surface area contributed by atoms with Crippen LogP contribution in [0.4, 0.5) is 0 Å². The molecular formula is C17H23NO4S. The van der Waals surface area contributed by atoms with Crippen molar-refractivity contribution < 1.29 is 17.9 Å². The smallest absolute Gasteiger partial charge is 0.254 e. The number of fused-ring (bicyclic) bond motifs is 2. The second-order valence-electron chi connectivity index (χ2n) is 6.38. The van der Waals surface area contributed by atoms with E-state index in [0.29, 0.717) is 25.1 Å². The molecule has 0 radical (unpaired) electrons. The molecule has 2 saturated heterocycles. The molecule has 1 aromatic rings. The van der Waals surface area contributed by atoms with Gasteiger partial charge in [0.25, 0.3) is 5.91 Å². The van der Waals surface area contributed by atoms with E-state index in [1.165, 1.54) is 0 Å². The van der Waals surface area contributed by atoms with Gasteiger partial charge in [0.15, 0.2) is 9.84 Å². The second kappa shape index (κ2) is 6.51. The van der Waals surface area contributed by atoms with E-state index in [4.69, 9.17) is 4.74 Å². The van der Waals surface area contributed by atoms with Crippen LogP contribution in [0.1, 0.15) is 43.0 Å². The van der Waals surface area contributed by atoms with E-state index in [0.717, 1.165) is 25.0 Å². The number of rotatable bonds is 6. The van der Waals surface area contributed by atoms with Gasteiger partial charge in [0.05, 0.1) is 17.6 Å². The van der Waals surface area contributed by atoms with Crippen molar-refractivity contribution in [2.45, 2.75) is 43.9 Å². The van der Waals surface area contributed by atoms with Crippen LogP contribution in [0, 0.1) is 0 Å². The molecule has 0 spiro atoms. The van der Waals surface area contributed by atoms with Gasteiger partial charge < -0.3 is 9.64 Å². The van der Waals surface area contributed by atoms with Crippen molar-refractivity contribution in [3.63, 3.8) is 0 Å². The number of amides is 1. The Morgan fingerprint density at radius 1 is 1.26 bits per heavy atom. The minimum atomic E-state index is -2.97. The average Bonchev–Trinajstić information content (AvgIpc) is 3.07. The number of carbonyl (C=O) groups excluding carboxylic acids is 1. The number of sulfone groups is 1. The molecule has 3 rings (SSSR count). The van der Waals surface area contributed by atoms with Gasteiger partial charge in [-0.1, -0.05) is 19.8 Å². The number of benzene rings is 1. The maximum absolute atomic E-state index is 12.5. The first kappa shape index (κ1) is 16.3. The molecule has 0 N–H and O–H groups in total. The second-order valence-corrected chi connectivity index (χ2v) is 8.70. The first-order valence-electron chi connectivity index (χ1n) is 8.26. The van der Waals surface area contributed by atoms with Crippen LogP contribution in [0.3, 0.4) is 0 Å². The zero-order chi connectivity index (χ0) is 16.4. The fraction of sp³-hybridized carbons (Fsp3) is 0.588. The first-order valence-corrected chi connectivity index (χ1v) is 9.98. The molecule has 0 saturated carbocycles. The third-order valence-corrected chi connectivity index (χ3v) is 6.89. The van der Waals surface area contributed by atoms with Gasteiger partial charge in [0.1, 0.15) is 5.75 Å². The SMILES string of the molecule is CCCCCOc1ccc(C(=O)N2CC3CC2CS3(=O)=O)cc1. The minimum Gasteiger partial charge on any atom is -0.494 e. The zero-order valence-corrected chi connectivity index (χ0v) is 14.2. The van der Waals surface area contributed by atoms with Crippen LogP contribution in [0.5, 0.6) is 5.75 Å². The standard InChI is InChI=1S/C17H23NO4S/c1-2-3-4-9-22-15-7-5-13(6-8-15)17(19)18-11-16-10-14(18)12-23(16,20)21/h5-8,14,16H,2-4,9-12H2,1H3. The number of hydrogen-bond donors (Lipinski definition) is 0. The summed E-state index contributed by atoms with van der Waals surface area (Å²) in [5, 5.41) is -0.363. The van der Waals surface area contributed by atoms with Crippen LogP contribution in [-0.2, 0) is 9.84 Å². The van der Waals surface area contributed by atoms with Crippen LogP contribution in [0.2, 0.25) is 0 Å². The van der Waals surface area contributed by atoms with E-state index >= 15 is 0 Å². The van der Waals surface area contributed by atoms with Crippen LogP contribution in [0.15, 0.2) is 24.3 Å². The van der Waals surface area contributed by atoms with E-state index in [1.54, 1.807) is 17.0 Å². The van der Waals surface area contributed by atoms with Gasteiger partial charge in [-0.05, 0) is 37.1 Å². The highest BCUT2D eigenvalue weighted by Crippen LogP contribution is 2.34. The summed E-state index contributed by atoms with van der Waals surface area (Å²) in [6.45, 7) is 3.17. The van der Waals surface area contributed by atoms with E-state index in [2.05, 4.69) is 6.92 Å². The lowest BCUT2D eigenvalue weighted by molar-refractivity contribution is 0.0746. The lowest BCUT2D eigenvalue weighted by Crippen LogP contribution is -2.44. The molecule has 2 aliphatic heterocycles. The molecule has 23 heavy (non-hydrogen) atoms. The van der Waals surface area contributed by atoms with Gasteiger partial charge in [0, 0.05) is 18.2 Å². The molecule has 5 nitrogen and oxygen atoms in total. The number of nitrogens with zero attached hydrogens (tertiary/aromatic N) is 1. The number of unbranched alkanes of at least 4 members (excludes halogenated alkanes) is 2. The maximum atomic E-state index is 12.5. The number of carbonyl (C=O) groups is 1. The Labute approximate surface area is 137 Å². The molecule has 6 heteroatoms. The van der Waals surface area contributed by atoms with Gasteiger partial charge in [-0.15, -0.1) is 0 Å². The van der Waals surface area contributed by atoms with Crippen LogP contribution in [-0.4, -0.2) is 49.4 Å². The summed E-state index contributed by atoms with van der Waals surface area (Å²) < 4.78 is 29.2. The summed E-state index contributed by atoms with van der Waals surface area (Å²) in [7, 11) is -2.97. The van der Waals surface area contributed by atoms with Crippen LogP contribution in [0.25, 0.3) is 0 Å². The third kappa shape index (κ3) is 3.37. The summed E-state index contributed by atoms with van der Waals surface area (Å²) in [4.78, 5) is 14.3. The molecule has 1 amide bonds. The van der Waals surface area contributed by atoms with Crippen molar-refractivity contribution in [3.05, 3.63) is 29.8 Å². The molecule has 2 unspecified atom stereocenters. The molecular weight excluding hydrogens is 314 g/mol. The van der Waals surface area contributed by atoms with Crippen molar-refractivity contribution in [1.82, 2.24) is 4.90 Å². The zero-order valence-electron chi connectivity index (χ0n) is 13.4. The Kier molecular flexibility index (Phi) is 4.62. The quantitative estimate of drug-likeness (QED) is 0.747. The fourth-order valence-electron chi connectivity index (χ4n) is 3.35. The third-order valence-electron chi connectivity index (χ3n) is 4.69. The molecule has 0 aliphatic carbocycles. The van der Waals surface area contributed by atoms with E-state index in [-0.39, 0.29) is 23.0 Å². The Morgan fingerprint density at radius 3 is 2.57 bits per heavy atom. The largest absolute Gasteiger partial charge is 0.494 e. The fourth-order valence-corrected chi connectivity index (χ4v) is 5.37. The highest BCUT2D eigenvalue weighted by molar-refractivity contribution is 7.92. The van der Waals surface area contributed by atoms with Crippen LogP contribution >= 0.6 is 0 Å². The normalized spacial score (nSPS) is 24.8. The lowest BCUT2D eigenvalue weighted by atomic mass is 10.1. The summed E-state index contributed by atoms with van der Waals surface area (Å²) in [6.07, 6.45) is 3.93. The van der Waals surface area contributed by atoms with E-state index in [9.17, 15) is 13.2 Å². The summed E-state index contributed by atoms with van der Waals surface area (Å²) >= 11 is 0. The van der Waals surface area contributed by atoms with Crippen molar-refractivity contribution in [1.29, 1.82) is 0 Å². The first-order chi connectivity index (χ1) is 11.0. The van der Waals surface area contributed by atoms with Gasteiger partial charge in [-0.25, -0.2) is 8.42 Å². The Balaban J connectivity index is 1.59. The van der Waals surface area contributed by atoms with Gasteiger partial charge in [-0.2, -0.15) is 0 Å². The molecule has 1 aromatic carbocycles. The number of ether oxygens (including phenoxy) is 1. The Morgan fingerprint density at radius 2 is 2.00 bits per heavy atom. The predicted octanol–water partition coefficient (Wildman–Crippen LogP) is 2.27. The minimum absolute atomic E-state index is 0.0788. The summed E-state index contributed by atoms with van der Waals surface area (Å²) in [5.74, 6) is 0.801. The maximum Gasteiger partial charge on any atom is 0.254 e.